The van der Waals surface area contributed by atoms with Gasteiger partial charge in [0.05, 0.1) is 0 Å². The third-order valence-corrected chi connectivity index (χ3v) is 3.00. The highest BCUT2D eigenvalue weighted by atomic mass is 16.7. The van der Waals surface area contributed by atoms with Crippen molar-refractivity contribution >= 4 is 0 Å². The highest BCUT2D eigenvalue weighted by Crippen LogP contribution is 2.23. The van der Waals surface area contributed by atoms with Crippen molar-refractivity contribution in [2.75, 3.05) is 0 Å². The summed E-state index contributed by atoms with van der Waals surface area (Å²) in [7, 11) is 0. The Labute approximate surface area is 96.9 Å². The second kappa shape index (κ2) is 5.06. The summed E-state index contributed by atoms with van der Waals surface area (Å²) in [6, 6.07) is 8.73. The van der Waals surface area contributed by atoms with Crippen LogP contribution in [0.2, 0.25) is 0 Å². The fourth-order valence-corrected chi connectivity index (χ4v) is 1.86. The van der Waals surface area contributed by atoms with Crippen LogP contribution >= 0.6 is 0 Å². The molecule has 1 atom stereocenters. The van der Waals surface area contributed by atoms with Gasteiger partial charge in [0.25, 0.3) is 0 Å². The van der Waals surface area contributed by atoms with Crippen LogP contribution in [-0.2, 0) is 9.47 Å². The Balaban J connectivity index is 1.82. The molecule has 0 saturated heterocycles. The van der Waals surface area contributed by atoms with Crippen LogP contribution in [0.5, 0.6) is 0 Å². The molecule has 0 bridgehead atoms. The van der Waals surface area contributed by atoms with Crippen molar-refractivity contribution in [1.29, 1.82) is 0 Å². The first-order valence-electron chi connectivity index (χ1n) is 5.78. The maximum absolute atomic E-state index is 5.26. The van der Waals surface area contributed by atoms with E-state index in [4.69, 9.17) is 9.47 Å². The largest absolute Gasteiger partial charge is 0.459 e. The summed E-state index contributed by atoms with van der Waals surface area (Å²) in [5, 5.41) is 0. The molecule has 0 aromatic heterocycles. The Morgan fingerprint density at radius 2 is 1.75 bits per heavy atom. The third-order valence-electron chi connectivity index (χ3n) is 3.00. The average molecular weight is 218 g/mol. The van der Waals surface area contributed by atoms with E-state index in [0.717, 1.165) is 12.8 Å². The molecule has 2 nitrogen and oxygen atoms in total. The SMILES string of the molecule is Cc1ccc([C@H](C)CCC2OC=CO2)cc1. The lowest BCUT2D eigenvalue weighted by atomic mass is 9.95. The normalized spacial score (nSPS) is 16.9. The van der Waals surface area contributed by atoms with Gasteiger partial charge in [0, 0.05) is 6.42 Å². The van der Waals surface area contributed by atoms with Crippen LogP contribution < -0.4 is 0 Å². The molecule has 0 radical (unpaired) electrons. The lowest BCUT2D eigenvalue weighted by Crippen LogP contribution is -2.08. The van der Waals surface area contributed by atoms with Crippen LogP contribution in [0.1, 0.15) is 36.8 Å². The number of ether oxygens (including phenoxy) is 2. The predicted octanol–water partition coefficient (Wildman–Crippen LogP) is 3.72. The second-order valence-corrected chi connectivity index (χ2v) is 4.36. The van der Waals surface area contributed by atoms with Gasteiger partial charge in [-0.1, -0.05) is 36.8 Å². The molecule has 1 heterocycles. The van der Waals surface area contributed by atoms with Gasteiger partial charge in [0.15, 0.2) is 0 Å². The van der Waals surface area contributed by atoms with Gasteiger partial charge in [0.1, 0.15) is 12.5 Å². The summed E-state index contributed by atoms with van der Waals surface area (Å²) >= 11 is 0. The molecule has 1 aliphatic heterocycles. The minimum Gasteiger partial charge on any atom is -0.459 e. The van der Waals surface area contributed by atoms with E-state index in [1.54, 1.807) is 12.5 Å². The molecule has 86 valence electrons. The number of hydrogen-bond acceptors (Lipinski definition) is 2. The van der Waals surface area contributed by atoms with E-state index in [1.165, 1.54) is 11.1 Å². The van der Waals surface area contributed by atoms with E-state index < -0.39 is 0 Å². The van der Waals surface area contributed by atoms with Gasteiger partial charge in [-0.2, -0.15) is 0 Å². The van der Waals surface area contributed by atoms with Gasteiger partial charge in [-0.15, -0.1) is 0 Å². The number of aryl methyl sites for hydroxylation is 1. The van der Waals surface area contributed by atoms with Crippen molar-refractivity contribution in [3.8, 4) is 0 Å². The lowest BCUT2D eigenvalue weighted by molar-refractivity contribution is -0.0300. The van der Waals surface area contributed by atoms with Crippen LogP contribution in [-0.4, -0.2) is 6.29 Å². The quantitative estimate of drug-likeness (QED) is 0.766. The molecule has 0 saturated carbocycles. The van der Waals surface area contributed by atoms with E-state index in [1.807, 2.05) is 0 Å². The molecule has 0 spiro atoms. The van der Waals surface area contributed by atoms with Crippen LogP contribution in [0.4, 0.5) is 0 Å². The summed E-state index contributed by atoms with van der Waals surface area (Å²) in [5.74, 6) is 0.549. The molecule has 1 aromatic carbocycles. The lowest BCUT2D eigenvalue weighted by Gasteiger charge is -2.15. The zero-order valence-corrected chi connectivity index (χ0v) is 9.85. The summed E-state index contributed by atoms with van der Waals surface area (Å²) in [6.45, 7) is 4.35. The van der Waals surface area contributed by atoms with Crippen molar-refractivity contribution in [3.63, 3.8) is 0 Å². The van der Waals surface area contributed by atoms with Gasteiger partial charge < -0.3 is 9.47 Å². The Kier molecular flexibility index (Phi) is 3.50. The van der Waals surface area contributed by atoms with E-state index in [2.05, 4.69) is 38.1 Å². The minimum absolute atomic E-state index is 0.0760. The van der Waals surface area contributed by atoms with Gasteiger partial charge in [-0.05, 0) is 24.8 Å². The molecule has 0 aliphatic carbocycles. The Morgan fingerprint density at radius 3 is 2.38 bits per heavy atom. The van der Waals surface area contributed by atoms with Crippen molar-refractivity contribution in [2.24, 2.45) is 0 Å². The monoisotopic (exact) mass is 218 g/mol. The maximum atomic E-state index is 5.26. The summed E-state index contributed by atoms with van der Waals surface area (Å²) in [6.07, 6.45) is 5.16. The summed E-state index contributed by atoms with van der Waals surface area (Å²) in [4.78, 5) is 0. The van der Waals surface area contributed by atoms with Crippen LogP contribution in [0.15, 0.2) is 36.8 Å². The first kappa shape index (κ1) is 11.1. The molecule has 0 fully saturated rings. The Morgan fingerprint density at radius 1 is 1.12 bits per heavy atom. The number of benzene rings is 1. The van der Waals surface area contributed by atoms with Gasteiger partial charge >= 0.3 is 0 Å². The number of rotatable bonds is 4. The predicted molar refractivity (Wildman–Crippen MR) is 63.9 cm³/mol. The first-order chi connectivity index (χ1) is 7.75. The molecule has 1 aliphatic rings. The standard InChI is InChI=1S/C14H18O2/c1-11-3-6-13(7-4-11)12(2)5-8-14-15-9-10-16-14/h3-4,6-7,9-10,12,14H,5,8H2,1-2H3/t12-/m1/s1. The van der Waals surface area contributed by atoms with Crippen molar-refractivity contribution in [3.05, 3.63) is 47.9 Å². The fraction of sp³-hybridized carbons (Fsp3) is 0.429. The van der Waals surface area contributed by atoms with Crippen LogP contribution in [0.25, 0.3) is 0 Å². The third kappa shape index (κ3) is 2.78. The molecular formula is C14H18O2. The highest BCUT2D eigenvalue weighted by molar-refractivity contribution is 5.23. The Bertz CT molecular complexity index is 346. The zero-order valence-electron chi connectivity index (χ0n) is 9.85. The highest BCUT2D eigenvalue weighted by Gasteiger charge is 2.14. The minimum atomic E-state index is -0.0760. The second-order valence-electron chi connectivity index (χ2n) is 4.36. The van der Waals surface area contributed by atoms with Gasteiger partial charge in [-0.25, -0.2) is 0 Å². The zero-order chi connectivity index (χ0) is 11.4. The van der Waals surface area contributed by atoms with E-state index >= 15 is 0 Å². The average Bonchev–Trinajstić information content (AvgIpc) is 2.80. The molecular weight excluding hydrogens is 200 g/mol. The van der Waals surface area contributed by atoms with E-state index in [9.17, 15) is 0 Å². The van der Waals surface area contributed by atoms with Crippen molar-refractivity contribution < 1.29 is 9.47 Å². The molecule has 1 aromatic rings. The van der Waals surface area contributed by atoms with Gasteiger partial charge in [-0.3, -0.25) is 0 Å². The van der Waals surface area contributed by atoms with Crippen LogP contribution in [0, 0.1) is 6.92 Å². The smallest absolute Gasteiger partial charge is 0.239 e. The molecule has 0 N–H and O–H groups in total. The van der Waals surface area contributed by atoms with Crippen molar-refractivity contribution in [1.82, 2.24) is 0 Å². The number of hydrogen-bond donors (Lipinski definition) is 0. The fourth-order valence-electron chi connectivity index (χ4n) is 1.86. The Hall–Kier alpha value is -1.44. The van der Waals surface area contributed by atoms with Crippen molar-refractivity contribution in [2.45, 2.75) is 38.9 Å². The topological polar surface area (TPSA) is 18.5 Å². The maximum Gasteiger partial charge on any atom is 0.239 e. The molecule has 2 heteroatoms. The van der Waals surface area contributed by atoms with Gasteiger partial charge in [0.2, 0.25) is 6.29 Å². The first-order valence-corrected chi connectivity index (χ1v) is 5.78. The molecule has 2 rings (SSSR count). The van der Waals surface area contributed by atoms with Crippen LogP contribution in [0.3, 0.4) is 0 Å². The van der Waals surface area contributed by atoms with E-state index in [-0.39, 0.29) is 6.29 Å². The summed E-state index contributed by atoms with van der Waals surface area (Å²) < 4.78 is 10.5. The molecule has 0 unspecified atom stereocenters. The van der Waals surface area contributed by atoms with E-state index in [0.29, 0.717) is 5.92 Å². The summed E-state index contributed by atoms with van der Waals surface area (Å²) in [5.41, 5.74) is 2.69. The molecule has 16 heavy (non-hydrogen) atoms. The molecule has 0 amide bonds.